The van der Waals surface area contributed by atoms with Gasteiger partial charge in [-0.15, -0.1) is 0 Å². The Bertz CT molecular complexity index is 916. The smallest absolute Gasteiger partial charge is 0.310 e. The van der Waals surface area contributed by atoms with Crippen LogP contribution in [0.3, 0.4) is 0 Å². The Morgan fingerprint density at radius 2 is 1.93 bits per heavy atom. The van der Waals surface area contributed by atoms with E-state index in [9.17, 15) is 9.59 Å². The third-order valence-corrected chi connectivity index (χ3v) is 5.93. The highest BCUT2D eigenvalue weighted by Crippen LogP contribution is 2.28. The first kappa shape index (κ1) is 19.6. The van der Waals surface area contributed by atoms with Crippen molar-refractivity contribution in [2.75, 3.05) is 31.1 Å². The summed E-state index contributed by atoms with van der Waals surface area (Å²) in [5.74, 6) is 0.283. The molecule has 0 saturated carbocycles. The second-order valence-electron chi connectivity index (χ2n) is 7.85. The average Bonchev–Trinajstić information content (AvgIpc) is 3.23. The van der Waals surface area contributed by atoms with E-state index in [1.54, 1.807) is 0 Å². The molecule has 0 radical (unpaired) electrons. The maximum Gasteiger partial charge on any atom is 0.310 e. The number of aromatic nitrogens is 2. The fraction of sp³-hybridized carbons (Fsp3) is 0.545. The first-order valence-corrected chi connectivity index (χ1v) is 10.5. The molecule has 2 aromatic rings. The second-order valence-corrected chi connectivity index (χ2v) is 7.85. The van der Waals surface area contributed by atoms with Gasteiger partial charge in [0.2, 0.25) is 11.9 Å². The lowest BCUT2D eigenvalue weighted by molar-refractivity contribution is -0.151. The van der Waals surface area contributed by atoms with Gasteiger partial charge in [-0.1, -0.05) is 18.2 Å². The molecule has 1 amide bonds. The number of ether oxygens (including phenoxy) is 1. The number of carbonyl (C=O) groups excluding carboxylic acids is 2. The normalized spacial score (nSPS) is 22.1. The van der Waals surface area contributed by atoms with Crippen LogP contribution < -0.4 is 4.90 Å². The van der Waals surface area contributed by atoms with E-state index in [2.05, 4.69) is 0 Å². The van der Waals surface area contributed by atoms with Crippen molar-refractivity contribution >= 4 is 28.7 Å². The number of aryl methyl sites for hydroxylation is 1. The summed E-state index contributed by atoms with van der Waals surface area (Å²) in [5.41, 5.74) is 1.82. The van der Waals surface area contributed by atoms with E-state index >= 15 is 0 Å². The van der Waals surface area contributed by atoms with Gasteiger partial charge in [-0.3, -0.25) is 9.59 Å². The SMILES string of the molecule is CCOC(=O)[C@H]1CCCN(C(=O)[C@H]2CCCN2c2nc(C)c3ccccc3n2)C1. The van der Waals surface area contributed by atoms with Crippen LogP contribution in [0.5, 0.6) is 0 Å². The predicted octanol–water partition coefficient (Wildman–Crippen LogP) is 2.71. The van der Waals surface area contributed by atoms with Crippen molar-refractivity contribution in [2.45, 2.75) is 45.6 Å². The molecule has 2 fully saturated rings. The molecule has 2 atom stereocenters. The fourth-order valence-corrected chi connectivity index (χ4v) is 4.45. The monoisotopic (exact) mass is 396 g/mol. The lowest BCUT2D eigenvalue weighted by atomic mass is 9.97. The van der Waals surface area contributed by atoms with Gasteiger partial charge in [0.05, 0.1) is 23.7 Å². The van der Waals surface area contributed by atoms with Gasteiger partial charge in [0.15, 0.2) is 0 Å². The van der Waals surface area contributed by atoms with Gasteiger partial charge in [0, 0.05) is 25.0 Å². The highest BCUT2D eigenvalue weighted by atomic mass is 16.5. The molecule has 7 nitrogen and oxygen atoms in total. The number of carbonyl (C=O) groups is 2. The van der Waals surface area contributed by atoms with E-state index < -0.39 is 0 Å². The second kappa shape index (κ2) is 8.35. The van der Waals surface area contributed by atoms with Crippen molar-refractivity contribution in [1.29, 1.82) is 0 Å². The van der Waals surface area contributed by atoms with Gasteiger partial charge in [-0.25, -0.2) is 9.97 Å². The van der Waals surface area contributed by atoms with Crippen LogP contribution in [-0.4, -0.2) is 59.0 Å². The van der Waals surface area contributed by atoms with Crippen molar-refractivity contribution in [3.8, 4) is 0 Å². The molecule has 0 unspecified atom stereocenters. The van der Waals surface area contributed by atoms with Crippen LogP contribution in [0.4, 0.5) is 5.95 Å². The van der Waals surface area contributed by atoms with Crippen LogP contribution in [0.1, 0.15) is 38.3 Å². The minimum atomic E-state index is -0.267. The summed E-state index contributed by atoms with van der Waals surface area (Å²) in [6, 6.07) is 7.68. The number of fused-ring (bicyclic) bond motifs is 1. The van der Waals surface area contributed by atoms with Crippen LogP contribution in [0.25, 0.3) is 10.9 Å². The standard InChI is InChI=1S/C22H28N4O3/c1-3-29-21(28)16-8-6-12-25(14-16)20(27)19-11-7-13-26(19)22-23-15(2)17-9-4-5-10-18(17)24-22/h4-5,9-10,16,19H,3,6-8,11-14H2,1-2H3/t16-,19+/m0/s1. The molecule has 29 heavy (non-hydrogen) atoms. The van der Waals surface area contributed by atoms with Gasteiger partial charge < -0.3 is 14.5 Å². The number of benzene rings is 1. The summed E-state index contributed by atoms with van der Waals surface area (Å²) < 4.78 is 5.17. The Hall–Kier alpha value is -2.70. The van der Waals surface area contributed by atoms with Gasteiger partial charge in [-0.2, -0.15) is 0 Å². The Balaban J connectivity index is 1.54. The van der Waals surface area contributed by atoms with Gasteiger partial charge in [0.1, 0.15) is 6.04 Å². The molecule has 0 N–H and O–H groups in total. The zero-order valence-corrected chi connectivity index (χ0v) is 17.1. The Kier molecular flexibility index (Phi) is 5.65. The van der Waals surface area contributed by atoms with E-state index in [0.29, 0.717) is 25.6 Å². The molecule has 154 valence electrons. The van der Waals surface area contributed by atoms with Crippen molar-refractivity contribution in [1.82, 2.24) is 14.9 Å². The Morgan fingerprint density at radius 1 is 1.14 bits per heavy atom. The number of piperidine rings is 1. The van der Waals surface area contributed by atoms with Crippen molar-refractivity contribution in [3.05, 3.63) is 30.0 Å². The van der Waals surface area contributed by atoms with Crippen LogP contribution in [0, 0.1) is 12.8 Å². The topological polar surface area (TPSA) is 75.6 Å². The number of nitrogens with zero attached hydrogens (tertiary/aromatic N) is 4. The minimum absolute atomic E-state index is 0.0749. The number of para-hydroxylation sites is 1. The van der Waals surface area contributed by atoms with Crippen LogP contribution >= 0.6 is 0 Å². The summed E-state index contributed by atoms with van der Waals surface area (Å²) in [6.07, 6.45) is 3.33. The van der Waals surface area contributed by atoms with Crippen LogP contribution in [0.2, 0.25) is 0 Å². The maximum atomic E-state index is 13.3. The third-order valence-electron chi connectivity index (χ3n) is 5.93. The Morgan fingerprint density at radius 3 is 2.76 bits per heavy atom. The summed E-state index contributed by atoms with van der Waals surface area (Å²) in [4.78, 5) is 38.8. The zero-order valence-electron chi connectivity index (χ0n) is 17.1. The lowest BCUT2D eigenvalue weighted by Gasteiger charge is -2.35. The van der Waals surface area contributed by atoms with E-state index in [4.69, 9.17) is 14.7 Å². The molecule has 0 bridgehead atoms. The minimum Gasteiger partial charge on any atom is -0.466 e. The summed E-state index contributed by atoms with van der Waals surface area (Å²) >= 11 is 0. The predicted molar refractivity (Wildman–Crippen MR) is 111 cm³/mol. The third kappa shape index (κ3) is 3.91. The number of esters is 1. The molecule has 0 spiro atoms. The molecular formula is C22H28N4O3. The molecule has 0 aliphatic carbocycles. The van der Waals surface area contributed by atoms with Gasteiger partial charge in [-0.05, 0) is 45.6 Å². The van der Waals surface area contributed by atoms with E-state index in [-0.39, 0.29) is 23.8 Å². The van der Waals surface area contributed by atoms with Crippen LogP contribution in [-0.2, 0) is 14.3 Å². The first-order valence-electron chi connectivity index (χ1n) is 10.5. The average molecular weight is 396 g/mol. The lowest BCUT2D eigenvalue weighted by Crippen LogP contribution is -2.50. The maximum absolute atomic E-state index is 13.3. The number of hydrogen-bond acceptors (Lipinski definition) is 6. The molecule has 2 aliphatic rings. The van der Waals surface area contributed by atoms with Gasteiger partial charge in [0.25, 0.3) is 0 Å². The fourth-order valence-electron chi connectivity index (χ4n) is 4.45. The summed E-state index contributed by atoms with van der Waals surface area (Å²) in [6.45, 7) is 6.07. The molecule has 2 aliphatic heterocycles. The Labute approximate surface area is 171 Å². The van der Waals surface area contributed by atoms with E-state index in [0.717, 1.165) is 48.8 Å². The number of anilines is 1. The number of likely N-dealkylation sites (tertiary alicyclic amines) is 1. The highest BCUT2D eigenvalue weighted by molar-refractivity contribution is 5.87. The molecule has 3 heterocycles. The van der Waals surface area contributed by atoms with Crippen molar-refractivity contribution < 1.29 is 14.3 Å². The largest absolute Gasteiger partial charge is 0.466 e. The van der Waals surface area contributed by atoms with Crippen molar-refractivity contribution in [2.24, 2.45) is 5.92 Å². The highest BCUT2D eigenvalue weighted by Gasteiger charge is 2.38. The molecule has 1 aromatic carbocycles. The first-order chi connectivity index (χ1) is 14.1. The molecule has 7 heteroatoms. The van der Waals surface area contributed by atoms with E-state index in [1.807, 2.05) is 47.9 Å². The summed E-state index contributed by atoms with van der Waals surface area (Å²) in [7, 11) is 0. The summed E-state index contributed by atoms with van der Waals surface area (Å²) in [5, 5.41) is 1.03. The number of amides is 1. The molecule has 2 saturated heterocycles. The van der Waals surface area contributed by atoms with Crippen LogP contribution in [0.15, 0.2) is 24.3 Å². The van der Waals surface area contributed by atoms with Gasteiger partial charge >= 0.3 is 5.97 Å². The molecular weight excluding hydrogens is 368 g/mol. The van der Waals surface area contributed by atoms with Crippen molar-refractivity contribution in [3.63, 3.8) is 0 Å². The number of rotatable bonds is 4. The molecule has 4 rings (SSSR count). The zero-order chi connectivity index (χ0) is 20.4. The quantitative estimate of drug-likeness (QED) is 0.740. The number of hydrogen-bond donors (Lipinski definition) is 0. The van der Waals surface area contributed by atoms with E-state index in [1.165, 1.54) is 0 Å². The molecule has 1 aromatic heterocycles.